The third-order valence-electron chi connectivity index (χ3n) is 4.56. The van der Waals surface area contributed by atoms with Crippen molar-refractivity contribution in [2.45, 2.75) is 38.5 Å². The predicted octanol–water partition coefficient (Wildman–Crippen LogP) is 3.39. The van der Waals surface area contributed by atoms with Gasteiger partial charge in [-0.2, -0.15) is 0 Å². The SMILES string of the molecule is CCOC(=O)NC(=O)COC(=O)[C@H]1CCCC[C@H]1c1nc2ccccc2s1. The molecule has 1 heterocycles. The first-order valence-electron chi connectivity index (χ1n) is 9.07. The van der Waals surface area contributed by atoms with E-state index in [0.29, 0.717) is 6.42 Å². The molecular formula is C19H22N2O5S. The zero-order chi connectivity index (χ0) is 19.2. The second-order valence-electron chi connectivity index (χ2n) is 6.39. The fourth-order valence-electron chi connectivity index (χ4n) is 3.32. The Morgan fingerprint density at radius 1 is 1.19 bits per heavy atom. The number of hydrogen-bond acceptors (Lipinski definition) is 7. The zero-order valence-corrected chi connectivity index (χ0v) is 15.9. The van der Waals surface area contributed by atoms with Crippen LogP contribution in [0.25, 0.3) is 10.2 Å². The number of amides is 2. The van der Waals surface area contributed by atoms with Gasteiger partial charge in [-0.3, -0.25) is 14.9 Å². The van der Waals surface area contributed by atoms with Crippen molar-refractivity contribution >= 4 is 39.5 Å². The van der Waals surface area contributed by atoms with Crippen LogP contribution in [-0.2, 0) is 19.1 Å². The fourth-order valence-corrected chi connectivity index (χ4v) is 4.49. The number of benzene rings is 1. The van der Waals surface area contributed by atoms with Crippen molar-refractivity contribution in [3.05, 3.63) is 29.3 Å². The molecule has 0 bridgehead atoms. The Hall–Kier alpha value is -2.48. The monoisotopic (exact) mass is 390 g/mol. The number of para-hydroxylation sites is 1. The topological polar surface area (TPSA) is 94.6 Å². The van der Waals surface area contributed by atoms with Crippen LogP contribution in [0.4, 0.5) is 4.79 Å². The van der Waals surface area contributed by atoms with E-state index in [4.69, 9.17) is 9.72 Å². The number of rotatable bonds is 5. The van der Waals surface area contributed by atoms with Gasteiger partial charge in [0.25, 0.3) is 5.91 Å². The Balaban J connectivity index is 1.63. The minimum absolute atomic E-state index is 0.00299. The number of aromatic nitrogens is 1. The minimum atomic E-state index is -0.844. The molecule has 0 saturated heterocycles. The summed E-state index contributed by atoms with van der Waals surface area (Å²) in [5.74, 6) is -1.45. The number of fused-ring (bicyclic) bond motifs is 1. The van der Waals surface area contributed by atoms with Gasteiger partial charge < -0.3 is 9.47 Å². The molecule has 27 heavy (non-hydrogen) atoms. The summed E-state index contributed by atoms with van der Waals surface area (Å²) in [5, 5.41) is 2.95. The van der Waals surface area contributed by atoms with Crippen LogP contribution >= 0.6 is 11.3 Å². The maximum Gasteiger partial charge on any atom is 0.413 e. The summed E-state index contributed by atoms with van der Waals surface area (Å²) in [6, 6.07) is 7.90. The Labute approximate surface area is 161 Å². The van der Waals surface area contributed by atoms with E-state index in [0.717, 1.165) is 34.5 Å². The number of ether oxygens (including phenoxy) is 2. The van der Waals surface area contributed by atoms with Gasteiger partial charge >= 0.3 is 12.1 Å². The molecule has 1 aliphatic carbocycles. The van der Waals surface area contributed by atoms with Crippen LogP contribution in [0.15, 0.2) is 24.3 Å². The number of esters is 1. The molecule has 0 aliphatic heterocycles. The van der Waals surface area contributed by atoms with Gasteiger partial charge in [-0.25, -0.2) is 9.78 Å². The highest BCUT2D eigenvalue weighted by molar-refractivity contribution is 7.18. The summed E-state index contributed by atoms with van der Waals surface area (Å²) in [4.78, 5) is 40.2. The highest BCUT2D eigenvalue weighted by Crippen LogP contribution is 2.41. The van der Waals surface area contributed by atoms with Crippen molar-refractivity contribution in [3.63, 3.8) is 0 Å². The average molecular weight is 390 g/mol. The second kappa shape index (κ2) is 8.94. The summed E-state index contributed by atoms with van der Waals surface area (Å²) >= 11 is 1.60. The van der Waals surface area contributed by atoms with Crippen molar-refractivity contribution in [2.75, 3.05) is 13.2 Å². The standard InChI is InChI=1S/C19H22N2O5S/c1-2-25-19(24)21-16(22)11-26-18(23)13-8-4-3-7-12(13)17-20-14-9-5-6-10-15(14)27-17/h5-6,9-10,12-13H,2-4,7-8,11H2,1H3,(H,21,22,24)/t12-,13+/m1/s1. The number of hydrogen-bond donors (Lipinski definition) is 1. The third kappa shape index (κ3) is 4.82. The first-order valence-corrected chi connectivity index (χ1v) is 9.89. The zero-order valence-electron chi connectivity index (χ0n) is 15.1. The van der Waals surface area contributed by atoms with E-state index in [1.54, 1.807) is 18.3 Å². The van der Waals surface area contributed by atoms with E-state index in [1.807, 2.05) is 29.6 Å². The van der Waals surface area contributed by atoms with Crippen LogP contribution in [0.1, 0.15) is 43.5 Å². The molecule has 7 nitrogen and oxygen atoms in total. The summed E-state index contributed by atoms with van der Waals surface area (Å²) < 4.78 is 10.9. The van der Waals surface area contributed by atoms with Gasteiger partial charge in [-0.1, -0.05) is 25.0 Å². The van der Waals surface area contributed by atoms with Crippen molar-refractivity contribution in [3.8, 4) is 0 Å². The lowest BCUT2D eigenvalue weighted by Gasteiger charge is -2.28. The Bertz CT molecular complexity index is 801. The van der Waals surface area contributed by atoms with Gasteiger partial charge in [-0.15, -0.1) is 11.3 Å². The van der Waals surface area contributed by atoms with Crippen molar-refractivity contribution < 1.29 is 23.9 Å². The van der Waals surface area contributed by atoms with Crippen LogP contribution in [-0.4, -0.2) is 36.2 Å². The number of carbonyl (C=O) groups excluding carboxylic acids is 3. The average Bonchev–Trinajstić information content (AvgIpc) is 3.10. The molecule has 8 heteroatoms. The van der Waals surface area contributed by atoms with Gasteiger partial charge in [0.2, 0.25) is 0 Å². The smallest absolute Gasteiger partial charge is 0.413 e. The van der Waals surface area contributed by atoms with E-state index < -0.39 is 24.6 Å². The van der Waals surface area contributed by atoms with Gasteiger partial charge in [0.15, 0.2) is 6.61 Å². The molecule has 1 aromatic carbocycles. The van der Waals surface area contributed by atoms with Crippen LogP contribution in [0.2, 0.25) is 0 Å². The number of imide groups is 1. The van der Waals surface area contributed by atoms with Crippen LogP contribution in [0.3, 0.4) is 0 Å². The van der Waals surface area contributed by atoms with Crippen molar-refractivity contribution in [2.24, 2.45) is 5.92 Å². The lowest BCUT2D eigenvalue weighted by Crippen LogP contribution is -2.36. The van der Waals surface area contributed by atoms with Crippen molar-refractivity contribution in [1.82, 2.24) is 10.3 Å². The molecule has 2 aromatic rings. The van der Waals surface area contributed by atoms with Crippen LogP contribution in [0.5, 0.6) is 0 Å². The van der Waals surface area contributed by atoms with Gasteiger partial charge in [0.1, 0.15) is 0 Å². The Morgan fingerprint density at radius 2 is 1.96 bits per heavy atom. The maximum atomic E-state index is 12.6. The number of thiazole rings is 1. The van der Waals surface area contributed by atoms with Gasteiger partial charge in [-0.05, 0) is 31.9 Å². The number of nitrogens with zero attached hydrogens (tertiary/aromatic N) is 1. The molecule has 1 N–H and O–H groups in total. The van der Waals surface area contributed by atoms with E-state index >= 15 is 0 Å². The highest BCUT2D eigenvalue weighted by Gasteiger charge is 2.35. The number of nitrogens with one attached hydrogen (secondary N) is 1. The van der Waals surface area contributed by atoms with Gasteiger partial charge in [0.05, 0.1) is 27.7 Å². The summed E-state index contributed by atoms with van der Waals surface area (Å²) in [6.07, 6.45) is 2.71. The molecule has 0 spiro atoms. The minimum Gasteiger partial charge on any atom is -0.455 e. The first-order chi connectivity index (χ1) is 13.1. The Kier molecular flexibility index (Phi) is 6.39. The van der Waals surface area contributed by atoms with E-state index in [2.05, 4.69) is 4.74 Å². The number of carbonyl (C=O) groups is 3. The summed E-state index contributed by atoms with van der Waals surface area (Å²) in [5.41, 5.74) is 0.934. The molecule has 1 saturated carbocycles. The molecular weight excluding hydrogens is 368 g/mol. The largest absolute Gasteiger partial charge is 0.455 e. The highest BCUT2D eigenvalue weighted by atomic mass is 32.1. The Morgan fingerprint density at radius 3 is 2.74 bits per heavy atom. The third-order valence-corrected chi connectivity index (χ3v) is 5.73. The fraction of sp³-hybridized carbons (Fsp3) is 0.474. The summed E-state index contributed by atoms with van der Waals surface area (Å²) in [6.45, 7) is 1.29. The molecule has 144 valence electrons. The van der Waals surface area contributed by atoms with Crippen LogP contribution < -0.4 is 5.32 Å². The summed E-state index contributed by atoms with van der Waals surface area (Å²) in [7, 11) is 0. The van der Waals surface area contributed by atoms with E-state index in [1.165, 1.54) is 0 Å². The van der Waals surface area contributed by atoms with E-state index in [-0.39, 0.29) is 18.4 Å². The molecule has 0 unspecified atom stereocenters. The molecule has 1 fully saturated rings. The molecule has 3 rings (SSSR count). The normalized spacial score (nSPS) is 19.4. The van der Waals surface area contributed by atoms with Crippen molar-refractivity contribution in [1.29, 1.82) is 0 Å². The lowest BCUT2D eigenvalue weighted by molar-refractivity contribution is -0.154. The molecule has 0 radical (unpaired) electrons. The molecule has 1 aromatic heterocycles. The van der Waals surface area contributed by atoms with Gasteiger partial charge in [0, 0.05) is 5.92 Å². The quantitative estimate of drug-likeness (QED) is 0.787. The van der Waals surface area contributed by atoms with E-state index in [9.17, 15) is 14.4 Å². The van der Waals surface area contributed by atoms with Crippen LogP contribution in [0, 0.1) is 5.92 Å². The molecule has 2 atom stereocenters. The molecule has 2 amide bonds. The second-order valence-corrected chi connectivity index (χ2v) is 7.46. The predicted molar refractivity (Wildman–Crippen MR) is 100 cm³/mol. The first kappa shape index (κ1) is 19.3. The number of alkyl carbamates (subject to hydrolysis) is 1. The lowest BCUT2D eigenvalue weighted by atomic mass is 9.79. The maximum absolute atomic E-state index is 12.6. The molecule has 1 aliphatic rings.